The van der Waals surface area contributed by atoms with Gasteiger partial charge in [-0.05, 0) is 43.7 Å². The summed E-state index contributed by atoms with van der Waals surface area (Å²) in [6, 6.07) is 0. The molecule has 1 aliphatic carbocycles. The molecule has 0 unspecified atom stereocenters. The molecule has 1 aliphatic heterocycles. The van der Waals surface area contributed by atoms with Gasteiger partial charge in [-0.2, -0.15) is 0 Å². The number of nitrogens with zero attached hydrogens (tertiary/aromatic N) is 1. The monoisotopic (exact) mass is 196 g/mol. The Morgan fingerprint density at radius 3 is 2.71 bits per heavy atom. The summed E-state index contributed by atoms with van der Waals surface area (Å²) in [7, 11) is 0. The van der Waals surface area contributed by atoms with Crippen molar-refractivity contribution < 1.29 is 0 Å². The molecule has 0 spiro atoms. The van der Waals surface area contributed by atoms with Gasteiger partial charge in [0.2, 0.25) is 0 Å². The Morgan fingerprint density at radius 1 is 1.36 bits per heavy atom. The van der Waals surface area contributed by atoms with Crippen molar-refractivity contribution in [2.45, 2.75) is 33.1 Å². The Hall–Kier alpha value is -0.0800. The van der Waals surface area contributed by atoms with Gasteiger partial charge in [0.25, 0.3) is 0 Å². The summed E-state index contributed by atoms with van der Waals surface area (Å²) in [4.78, 5) is 2.60. The van der Waals surface area contributed by atoms with E-state index in [1.807, 2.05) is 0 Å². The van der Waals surface area contributed by atoms with Crippen molar-refractivity contribution in [2.75, 3.05) is 32.7 Å². The summed E-state index contributed by atoms with van der Waals surface area (Å²) in [5.41, 5.74) is 0.566. The lowest BCUT2D eigenvalue weighted by atomic mass is 9.93. The van der Waals surface area contributed by atoms with Crippen molar-refractivity contribution in [1.82, 2.24) is 10.2 Å². The molecule has 0 amide bonds. The minimum Gasteiger partial charge on any atom is -0.315 e. The van der Waals surface area contributed by atoms with Gasteiger partial charge in [-0.3, -0.25) is 0 Å². The molecule has 1 N–H and O–H groups in total. The molecule has 0 bridgehead atoms. The predicted molar refractivity (Wildman–Crippen MR) is 60.4 cm³/mol. The van der Waals surface area contributed by atoms with Crippen LogP contribution in [0.4, 0.5) is 0 Å². The van der Waals surface area contributed by atoms with Crippen LogP contribution in [0.2, 0.25) is 0 Å². The average Bonchev–Trinajstić information content (AvgIpc) is 2.86. The van der Waals surface area contributed by atoms with E-state index >= 15 is 0 Å². The first-order valence-corrected chi connectivity index (χ1v) is 6.09. The third-order valence-corrected chi connectivity index (χ3v) is 3.49. The third kappa shape index (κ3) is 3.25. The van der Waals surface area contributed by atoms with E-state index in [0.29, 0.717) is 5.41 Å². The molecular formula is C12H24N2. The van der Waals surface area contributed by atoms with E-state index < -0.39 is 0 Å². The Labute approximate surface area is 88.1 Å². The molecule has 0 aromatic heterocycles. The third-order valence-electron chi connectivity index (χ3n) is 3.49. The van der Waals surface area contributed by atoms with Crippen LogP contribution in [0.5, 0.6) is 0 Å². The summed E-state index contributed by atoms with van der Waals surface area (Å²) in [6.07, 6.45) is 4.29. The number of likely N-dealkylation sites (tertiary alicyclic amines) is 1. The zero-order valence-electron chi connectivity index (χ0n) is 9.68. The minimum atomic E-state index is 0.566. The van der Waals surface area contributed by atoms with Gasteiger partial charge in [-0.1, -0.05) is 13.8 Å². The van der Waals surface area contributed by atoms with Crippen LogP contribution in [-0.2, 0) is 0 Å². The highest BCUT2D eigenvalue weighted by Gasteiger charge is 2.28. The summed E-state index contributed by atoms with van der Waals surface area (Å²) in [5.74, 6) is 1.02. The van der Waals surface area contributed by atoms with Gasteiger partial charge >= 0.3 is 0 Å². The van der Waals surface area contributed by atoms with Crippen LogP contribution in [0, 0.1) is 11.3 Å². The van der Waals surface area contributed by atoms with Crippen LogP contribution in [0.25, 0.3) is 0 Å². The molecule has 2 fully saturated rings. The van der Waals surface area contributed by atoms with Crippen molar-refractivity contribution >= 4 is 0 Å². The van der Waals surface area contributed by atoms with Crippen molar-refractivity contribution in [2.24, 2.45) is 11.3 Å². The highest BCUT2D eigenvalue weighted by atomic mass is 15.2. The lowest BCUT2D eigenvalue weighted by Crippen LogP contribution is -2.32. The van der Waals surface area contributed by atoms with Crippen LogP contribution in [0.3, 0.4) is 0 Å². The van der Waals surface area contributed by atoms with Crippen molar-refractivity contribution in [3.05, 3.63) is 0 Å². The molecule has 2 aliphatic rings. The highest BCUT2D eigenvalue weighted by Crippen LogP contribution is 2.28. The molecule has 1 saturated carbocycles. The van der Waals surface area contributed by atoms with Crippen molar-refractivity contribution in [3.8, 4) is 0 Å². The summed E-state index contributed by atoms with van der Waals surface area (Å²) in [6.45, 7) is 11.0. The van der Waals surface area contributed by atoms with E-state index in [0.717, 1.165) is 5.92 Å². The van der Waals surface area contributed by atoms with E-state index in [2.05, 4.69) is 24.1 Å². The number of hydrogen-bond acceptors (Lipinski definition) is 2. The molecule has 0 atom stereocenters. The van der Waals surface area contributed by atoms with Gasteiger partial charge in [-0.25, -0.2) is 0 Å². The van der Waals surface area contributed by atoms with Crippen molar-refractivity contribution in [1.29, 1.82) is 0 Å². The van der Waals surface area contributed by atoms with Crippen LogP contribution < -0.4 is 5.32 Å². The Kier molecular flexibility index (Phi) is 3.13. The quantitative estimate of drug-likeness (QED) is 0.674. The number of hydrogen-bond donors (Lipinski definition) is 1. The standard InChI is InChI=1S/C12H24N2/c1-12(2)5-7-14(10-12)8-6-13-9-11-3-4-11/h11,13H,3-10H2,1-2H3. The van der Waals surface area contributed by atoms with E-state index in [4.69, 9.17) is 0 Å². The maximum absolute atomic E-state index is 3.56. The second-order valence-corrected chi connectivity index (χ2v) is 5.84. The molecular weight excluding hydrogens is 172 g/mol. The second-order valence-electron chi connectivity index (χ2n) is 5.84. The molecule has 2 rings (SSSR count). The Bertz CT molecular complexity index is 185. The normalized spacial score (nSPS) is 27.0. The Balaban J connectivity index is 1.52. The fourth-order valence-corrected chi connectivity index (χ4v) is 2.28. The Morgan fingerprint density at radius 2 is 2.14 bits per heavy atom. The second kappa shape index (κ2) is 4.19. The fraction of sp³-hybridized carbons (Fsp3) is 1.00. The van der Waals surface area contributed by atoms with Gasteiger partial charge < -0.3 is 10.2 Å². The van der Waals surface area contributed by atoms with Crippen molar-refractivity contribution in [3.63, 3.8) is 0 Å². The molecule has 0 radical (unpaired) electrons. The lowest BCUT2D eigenvalue weighted by molar-refractivity contribution is 0.290. The van der Waals surface area contributed by atoms with Gasteiger partial charge in [0.15, 0.2) is 0 Å². The van der Waals surface area contributed by atoms with Gasteiger partial charge in [-0.15, -0.1) is 0 Å². The van der Waals surface area contributed by atoms with E-state index in [9.17, 15) is 0 Å². The number of rotatable bonds is 5. The molecule has 1 saturated heterocycles. The lowest BCUT2D eigenvalue weighted by Gasteiger charge is -2.19. The van der Waals surface area contributed by atoms with E-state index in [-0.39, 0.29) is 0 Å². The first kappa shape index (κ1) is 10.4. The molecule has 1 heterocycles. The molecule has 0 aromatic rings. The average molecular weight is 196 g/mol. The maximum Gasteiger partial charge on any atom is 0.0107 e. The first-order valence-electron chi connectivity index (χ1n) is 6.09. The van der Waals surface area contributed by atoms with Gasteiger partial charge in [0, 0.05) is 19.6 Å². The molecule has 14 heavy (non-hydrogen) atoms. The smallest absolute Gasteiger partial charge is 0.0107 e. The fourth-order valence-electron chi connectivity index (χ4n) is 2.28. The first-order chi connectivity index (χ1) is 6.66. The summed E-state index contributed by atoms with van der Waals surface area (Å²) < 4.78 is 0. The summed E-state index contributed by atoms with van der Waals surface area (Å²) >= 11 is 0. The van der Waals surface area contributed by atoms with Crippen LogP contribution in [-0.4, -0.2) is 37.6 Å². The molecule has 82 valence electrons. The van der Waals surface area contributed by atoms with Gasteiger partial charge in [0.1, 0.15) is 0 Å². The molecule has 2 heteroatoms. The predicted octanol–water partition coefficient (Wildman–Crippen LogP) is 1.72. The van der Waals surface area contributed by atoms with Crippen LogP contribution in [0.1, 0.15) is 33.1 Å². The zero-order valence-corrected chi connectivity index (χ0v) is 9.68. The highest BCUT2D eigenvalue weighted by molar-refractivity contribution is 4.83. The topological polar surface area (TPSA) is 15.3 Å². The summed E-state index contributed by atoms with van der Waals surface area (Å²) in [5, 5.41) is 3.56. The molecule has 0 aromatic carbocycles. The van der Waals surface area contributed by atoms with E-state index in [1.165, 1.54) is 52.0 Å². The molecule has 2 nitrogen and oxygen atoms in total. The van der Waals surface area contributed by atoms with E-state index in [1.54, 1.807) is 0 Å². The zero-order chi connectivity index (χ0) is 10.0. The maximum atomic E-state index is 3.56. The minimum absolute atomic E-state index is 0.566. The van der Waals surface area contributed by atoms with Gasteiger partial charge in [0.05, 0.1) is 0 Å². The van der Waals surface area contributed by atoms with Crippen LogP contribution in [0.15, 0.2) is 0 Å². The van der Waals surface area contributed by atoms with Crippen LogP contribution >= 0.6 is 0 Å². The SMILES string of the molecule is CC1(C)CCN(CCNCC2CC2)C1. The number of nitrogens with one attached hydrogen (secondary N) is 1. The largest absolute Gasteiger partial charge is 0.315 e.